The zero-order valence-corrected chi connectivity index (χ0v) is 22.2. The fourth-order valence-corrected chi connectivity index (χ4v) is 4.47. The minimum absolute atomic E-state index is 0.0569. The molecule has 0 unspecified atom stereocenters. The van der Waals surface area contributed by atoms with E-state index in [2.05, 4.69) is 27.4 Å². The molecule has 36 heavy (non-hydrogen) atoms. The maximum atomic E-state index is 13.0. The van der Waals surface area contributed by atoms with Crippen LogP contribution < -0.4 is 15.4 Å². The number of nitrogens with zero attached hydrogens (tertiary/aromatic N) is 3. The number of ether oxygens (including phenoxy) is 1. The van der Waals surface area contributed by atoms with Crippen molar-refractivity contribution in [2.24, 2.45) is 5.92 Å². The minimum atomic E-state index is -0.370. The monoisotopic (exact) mass is 507 g/mol. The molecule has 0 radical (unpaired) electrons. The highest BCUT2D eigenvalue weighted by molar-refractivity contribution is 7.99. The van der Waals surface area contributed by atoms with E-state index in [4.69, 9.17) is 4.74 Å². The Morgan fingerprint density at radius 3 is 2.56 bits per heavy atom. The quantitative estimate of drug-likeness (QED) is 0.282. The van der Waals surface area contributed by atoms with Crippen LogP contribution in [0.25, 0.3) is 0 Å². The lowest BCUT2D eigenvalue weighted by atomic mass is 10.0. The SMILES string of the molecule is C=CCn1c(SCC(=O)Nc2cc(C)ccc2OC)nnc1[C@H](NC(=O)c1cccc(C)c1)C(C)C. The maximum Gasteiger partial charge on any atom is 0.251 e. The van der Waals surface area contributed by atoms with E-state index in [0.717, 1.165) is 11.1 Å². The Morgan fingerprint density at radius 1 is 1.14 bits per heavy atom. The number of carbonyl (C=O) groups excluding carboxylic acids is 2. The normalized spacial score (nSPS) is 11.7. The minimum Gasteiger partial charge on any atom is -0.495 e. The van der Waals surface area contributed by atoms with Gasteiger partial charge < -0.3 is 19.9 Å². The number of aryl methyl sites for hydroxylation is 2. The number of aromatic nitrogens is 3. The smallest absolute Gasteiger partial charge is 0.251 e. The number of rotatable bonds is 11. The van der Waals surface area contributed by atoms with E-state index < -0.39 is 0 Å². The summed E-state index contributed by atoms with van der Waals surface area (Å²) in [6.45, 7) is 12.2. The van der Waals surface area contributed by atoms with Crippen LogP contribution in [0.4, 0.5) is 5.69 Å². The van der Waals surface area contributed by atoms with Crippen molar-refractivity contribution in [3.05, 3.63) is 77.6 Å². The van der Waals surface area contributed by atoms with E-state index in [1.807, 2.05) is 68.7 Å². The van der Waals surface area contributed by atoms with Crippen molar-refractivity contribution in [3.8, 4) is 5.75 Å². The first-order chi connectivity index (χ1) is 17.2. The van der Waals surface area contributed by atoms with Crippen molar-refractivity contribution < 1.29 is 14.3 Å². The molecular weight excluding hydrogens is 474 g/mol. The summed E-state index contributed by atoms with van der Waals surface area (Å²) in [4.78, 5) is 25.7. The molecule has 3 rings (SSSR count). The van der Waals surface area contributed by atoms with Crippen LogP contribution in [0, 0.1) is 19.8 Å². The second-order valence-corrected chi connectivity index (χ2v) is 9.79. The van der Waals surface area contributed by atoms with Gasteiger partial charge in [-0.05, 0) is 49.6 Å². The molecule has 0 aliphatic carbocycles. The average Bonchev–Trinajstić information content (AvgIpc) is 3.23. The Hall–Kier alpha value is -3.59. The lowest BCUT2D eigenvalue weighted by Crippen LogP contribution is -2.34. The fraction of sp³-hybridized carbons (Fsp3) is 0.333. The van der Waals surface area contributed by atoms with Crippen molar-refractivity contribution >= 4 is 29.3 Å². The van der Waals surface area contributed by atoms with Crippen LogP contribution in [0.2, 0.25) is 0 Å². The van der Waals surface area contributed by atoms with Gasteiger partial charge in [0.2, 0.25) is 5.91 Å². The van der Waals surface area contributed by atoms with Gasteiger partial charge in [0.15, 0.2) is 11.0 Å². The summed E-state index contributed by atoms with van der Waals surface area (Å²) in [7, 11) is 1.57. The van der Waals surface area contributed by atoms with Crippen LogP contribution >= 0.6 is 11.8 Å². The molecule has 190 valence electrons. The Balaban J connectivity index is 1.76. The number of allylic oxidation sites excluding steroid dienone is 1. The van der Waals surface area contributed by atoms with Crippen molar-refractivity contribution in [1.29, 1.82) is 0 Å². The van der Waals surface area contributed by atoms with Gasteiger partial charge in [0.05, 0.1) is 24.6 Å². The predicted molar refractivity (Wildman–Crippen MR) is 144 cm³/mol. The zero-order chi connectivity index (χ0) is 26.2. The molecule has 3 aromatic rings. The van der Waals surface area contributed by atoms with Gasteiger partial charge in [-0.3, -0.25) is 9.59 Å². The highest BCUT2D eigenvalue weighted by atomic mass is 32.2. The molecule has 2 N–H and O–H groups in total. The summed E-state index contributed by atoms with van der Waals surface area (Å²) in [6.07, 6.45) is 1.74. The van der Waals surface area contributed by atoms with Crippen molar-refractivity contribution in [1.82, 2.24) is 20.1 Å². The largest absolute Gasteiger partial charge is 0.495 e. The summed E-state index contributed by atoms with van der Waals surface area (Å²) in [5, 5.41) is 15.3. The van der Waals surface area contributed by atoms with Gasteiger partial charge >= 0.3 is 0 Å². The molecule has 1 heterocycles. The van der Waals surface area contributed by atoms with Crippen LogP contribution in [0.5, 0.6) is 5.75 Å². The van der Waals surface area contributed by atoms with E-state index in [0.29, 0.717) is 34.5 Å². The third kappa shape index (κ3) is 6.75. The third-order valence-corrected chi connectivity index (χ3v) is 6.50. The summed E-state index contributed by atoms with van der Waals surface area (Å²) in [6, 6.07) is 12.7. The topological polar surface area (TPSA) is 98.1 Å². The number of hydrogen-bond donors (Lipinski definition) is 2. The molecule has 2 amide bonds. The number of amides is 2. The van der Waals surface area contributed by atoms with Gasteiger partial charge in [0.25, 0.3) is 5.91 Å². The summed E-state index contributed by atoms with van der Waals surface area (Å²) >= 11 is 1.28. The van der Waals surface area contributed by atoms with Gasteiger partial charge in [-0.2, -0.15) is 0 Å². The second kappa shape index (κ2) is 12.4. The van der Waals surface area contributed by atoms with Crippen LogP contribution in [0.15, 0.2) is 60.3 Å². The number of benzene rings is 2. The Morgan fingerprint density at radius 2 is 1.89 bits per heavy atom. The van der Waals surface area contributed by atoms with Gasteiger partial charge in [-0.1, -0.05) is 55.4 Å². The zero-order valence-electron chi connectivity index (χ0n) is 21.4. The highest BCUT2D eigenvalue weighted by Gasteiger charge is 2.26. The van der Waals surface area contributed by atoms with Crippen LogP contribution in [0.3, 0.4) is 0 Å². The third-order valence-electron chi connectivity index (χ3n) is 5.53. The van der Waals surface area contributed by atoms with E-state index in [-0.39, 0.29) is 29.5 Å². The number of carbonyl (C=O) groups is 2. The standard InChI is InChI=1S/C27H33N5O3S/c1-7-13-32-25(24(17(2)3)29-26(34)20-10-8-9-18(4)14-20)30-31-27(32)36-16-23(33)28-21-15-19(5)11-12-22(21)35-6/h7-12,14-15,17,24H,1,13,16H2,2-6H3,(H,28,33)(H,29,34)/t24-/m1/s1. The van der Waals surface area contributed by atoms with E-state index in [1.165, 1.54) is 11.8 Å². The molecule has 1 aromatic heterocycles. The number of thioether (sulfide) groups is 1. The Labute approximate surface area is 216 Å². The number of hydrogen-bond acceptors (Lipinski definition) is 6. The van der Waals surface area contributed by atoms with Gasteiger partial charge in [0.1, 0.15) is 5.75 Å². The molecule has 8 nitrogen and oxygen atoms in total. The molecule has 1 atom stereocenters. The first-order valence-electron chi connectivity index (χ1n) is 11.7. The fourth-order valence-electron chi connectivity index (χ4n) is 3.71. The summed E-state index contributed by atoms with van der Waals surface area (Å²) in [5.41, 5.74) is 3.24. The number of anilines is 1. The van der Waals surface area contributed by atoms with Crippen molar-refractivity contribution in [2.45, 2.75) is 45.4 Å². The molecule has 0 aliphatic rings. The second-order valence-electron chi connectivity index (χ2n) is 8.85. The van der Waals surface area contributed by atoms with Crippen molar-refractivity contribution in [3.63, 3.8) is 0 Å². The molecule has 0 saturated heterocycles. The molecule has 9 heteroatoms. The van der Waals surface area contributed by atoms with Gasteiger partial charge in [-0.25, -0.2) is 0 Å². The lowest BCUT2D eigenvalue weighted by Gasteiger charge is -2.22. The van der Waals surface area contributed by atoms with Crippen molar-refractivity contribution in [2.75, 3.05) is 18.2 Å². The molecule has 0 aliphatic heterocycles. The molecular formula is C27H33N5O3S. The Kier molecular flexibility index (Phi) is 9.30. The van der Waals surface area contributed by atoms with E-state index >= 15 is 0 Å². The molecule has 0 spiro atoms. The molecule has 0 saturated carbocycles. The number of methoxy groups -OCH3 is 1. The first kappa shape index (κ1) is 27.0. The van der Waals surface area contributed by atoms with Gasteiger partial charge in [-0.15, -0.1) is 16.8 Å². The van der Waals surface area contributed by atoms with E-state index in [9.17, 15) is 9.59 Å². The number of nitrogens with one attached hydrogen (secondary N) is 2. The molecule has 2 aromatic carbocycles. The first-order valence-corrected chi connectivity index (χ1v) is 12.7. The predicted octanol–water partition coefficient (Wildman–Crippen LogP) is 4.95. The average molecular weight is 508 g/mol. The van der Waals surface area contributed by atoms with E-state index in [1.54, 1.807) is 19.3 Å². The van der Waals surface area contributed by atoms with Gasteiger partial charge in [0, 0.05) is 12.1 Å². The summed E-state index contributed by atoms with van der Waals surface area (Å²) < 4.78 is 7.23. The molecule has 0 bridgehead atoms. The molecule has 0 fully saturated rings. The maximum absolute atomic E-state index is 13.0. The van der Waals surface area contributed by atoms with Crippen LogP contribution in [-0.4, -0.2) is 39.4 Å². The Bertz CT molecular complexity index is 1240. The lowest BCUT2D eigenvalue weighted by molar-refractivity contribution is -0.113. The summed E-state index contributed by atoms with van der Waals surface area (Å²) in [5.74, 6) is 1.04. The van der Waals surface area contributed by atoms with Crippen LogP contribution in [0.1, 0.15) is 47.2 Å². The highest BCUT2D eigenvalue weighted by Crippen LogP contribution is 2.28. The van der Waals surface area contributed by atoms with Crippen LogP contribution in [-0.2, 0) is 11.3 Å².